The molecule has 1 saturated heterocycles. The van der Waals surface area contributed by atoms with Crippen molar-refractivity contribution >= 4 is 0 Å². The summed E-state index contributed by atoms with van der Waals surface area (Å²) in [5.74, 6) is 0. The summed E-state index contributed by atoms with van der Waals surface area (Å²) < 4.78 is 0. The van der Waals surface area contributed by atoms with Gasteiger partial charge in [-0.2, -0.15) is 0 Å². The largest absolute Gasteiger partial charge is 0.394 e. The van der Waals surface area contributed by atoms with Crippen molar-refractivity contribution in [1.29, 1.82) is 0 Å². The summed E-state index contributed by atoms with van der Waals surface area (Å²) in [4.78, 5) is 2.32. The monoisotopic (exact) mass is 220 g/mol. The molecule has 1 heterocycles. The van der Waals surface area contributed by atoms with Gasteiger partial charge < -0.3 is 15.3 Å². The average Bonchev–Trinajstić information content (AvgIpc) is 2.73. The second kappa shape index (κ2) is 5.43. The molecule has 1 aliphatic heterocycles. The second-order valence-corrected chi connectivity index (χ2v) is 4.56. The third-order valence-corrected chi connectivity index (χ3v) is 3.21. The molecule has 2 unspecified atom stereocenters. The maximum Gasteiger partial charge on any atom is 0.0626 e. The van der Waals surface area contributed by atoms with Crippen molar-refractivity contribution in [3.8, 4) is 0 Å². The Balaban J connectivity index is 1.96. The predicted molar refractivity (Wildman–Crippen MR) is 65.3 cm³/mol. The number of aliphatic hydroxyl groups excluding tert-OH is 1. The molecule has 3 nitrogen and oxygen atoms in total. The minimum atomic E-state index is 0.0673. The molecule has 88 valence electrons. The fourth-order valence-corrected chi connectivity index (χ4v) is 2.30. The van der Waals surface area contributed by atoms with Gasteiger partial charge in [-0.3, -0.25) is 0 Å². The SMILES string of the molecule is CN1CCC(NC(CO)c2ccccc2)C1. The van der Waals surface area contributed by atoms with E-state index in [-0.39, 0.29) is 12.6 Å². The highest BCUT2D eigenvalue weighted by Gasteiger charge is 2.22. The van der Waals surface area contributed by atoms with Crippen LogP contribution >= 0.6 is 0 Å². The van der Waals surface area contributed by atoms with Crippen LogP contribution in [0.25, 0.3) is 0 Å². The van der Waals surface area contributed by atoms with Gasteiger partial charge >= 0.3 is 0 Å². The Bertz CT molecular complexity index is 315. The lowest BCUT2D eigenvalue weighted by Gasteiger charge is -2.21. The van der Waals surface area contributed by atoms with E-state index in [4.69, 9.17) is 0 Å². The fourth-order valence-electron chi connectivity index (χ4n) is 2.30. The Hall–Kier alpha value is -0.900. The van der Waals surface area contributed by atoms with Gasteiger partial charge in [0.15, 0.2) is 0 Å². The van der Waals surface area contributed by atoms with Crippen LogP contribution in [0.2, 0.25) is 0 Å². The molecular weight excluding hydrogens is 200 g/mol. The maximum atomic E-state index is 9.43. The van der Waals surface area contributed by atoms with Crippen LogP contribution in [-0.4, -0.2) is 42.8 Å². The highest BCUT2D eigenvalue weighted by molar-refractivity contribution is 5.19. The van der Waals surface area contributed by atoms with Crippen LogP contribution in [0.4, 0.5) is 0 Å². The van der Waals surface area contributed by atoms with Gasteiger partial charge in [0.05, 0.1) is 12.6 Å². The van der Waals surface area contributed by atoms with Crippen molar-refractivity contribution in [2.24, 2.45) is 0 Å². The summed E-state index contributed by atoms with van der Waals surface area (Å²) in [5, 5.41) is 13.0. The van der Waals surface area contributed by atoms with Crippen LogP contribution < -0.4 is 5.32 Å². The number of nitrogens with one attached hydrogen (secondary N) is 1. The molecule has 0 aromatic heterocycles. The Kier molecular flexibility index (Phi) is 3.93. The van der Waals surface area contributed by atoms with E-state index < -0.39 is 0 Å². The van der Waals surface area contributed by atoms with Gasteiger partial charge in [0.1, 0.15) is 0 Å². The normalized spacial score (nSPS) is 23.5. The van der Waals surface area contributed by atoms with E-state index in [2.05, 4.69) is 29.4 Å². The first-order chi connectivity index (χ1) is 7.79. The highest BCUT2D eigenvalue weighted by Crippen LogP contribution is 2.15. The van der Waals surface area contributed by atoms with Crippen molar-refractivity contribution in [3.63, 3.8) is 0 Å². The number of aliphatic hydroxyl groups is 1. The van der Waals surface area contributed by atoms with Gasteiger partial charge in [0.2, 0.25) is 0 Å². The summed E-state index contributed by atoms with van der Waals surface area (Å²) in [5.41, 5.74) is 1.17. The van der Waals surface area contributed by atoms with Crippen molar-refractivity contribution in [3.05, 3.63) is 35.9 Å². The summed E-state index contributed by atoms with van der Waals surface area (Å²) in [6.45, 7) is 2.37. The van der Waals surface area contributed by atoms with E-state index in [1.807, 2.05) is 18.2 Å². The van der Waals surface area contributed by atoms with Gasteiger partial charge in [-0.15, -0.1) is 0 Å². The van der Waals surface area contributed by atoms with Crippen LogP contribution in [0.15, 0.2) is 30.3 Å². The number of hydrogen-bond donors (Lipinski definition) is 2. The Morgan fingerprint density at radius 1 is 1.44 bits per heavy atom. The second-order valence-electron chi connectivity index (χ2n) is 4.56. The van der Waals surface area contributed by atoms with E-state index >= 15 is 0 Å². The van der Waals surface area contributed by atoms with Gasteiger partial charge in [-0.25, -0.2) is 0 Å². The Morgan fingerprint density at radius 2 is 2.19 bits per heavy atom. The summed E-state index contributed by atoms with van der Waals surface area (Å²) >= 11 is 0. The van der Waals surface area contributed by atoms with Crippen LogP contribution in [0.3, 0.4) is 0 Å². The van der Waals surface area contributed by atoms with Gasteiger partial charge in [-0.05, 0) is 25.6 Å². The highest BCUT2D eigenvalue weighted by atomic mass is 16.3. The molecule has 0 radical (unpaired) electrons. The average molecular weight is 220 g/mol. The topological polar surface area (TPSA) is 35.5 Å². The zero-order valence-electron chi connectivity index (χ0n) is 9.76. The summed E-state index contributed by atoms with van der Waals surface area (Å²) in [6, 6.07) is 10.7. The molecule has 0 bridgehead atoms. The first kappa shape index (κ1) is 11.6. The molecule has 2 atom stereocenters. The maximum absolute atomic E-state index is 9.43. The molecule has 1 aromatic rings. The van der Waals surface area contributed by atoms with Crippen molar-refractivity contribution in [2.45, 2.75) is 18.5 Å². The van der Waals surface area contributed by atoms with Crippen LogP contribution in [0.1, 0.15) is 18.0 Å². The zero-order chi connectivity index (χ0) is 11.4. The van der Waals surface area contributed by atoms with Gasteiger partial charge in [0, 0.05) is 12.6 Å². The minimum absolute atomic E-state index is 0.0673. The zero-order valence-corrected chi connectivity index (χ0v) is 9.76. The molecule has 3 heteroatoms. The fraction of sp³-hybridized carbons (Fsp3) is 0.538. The minimum Gasteiger partial charge on any atom is -0.394 e. The molecule has 0 spiro atoms. The van der Waals surface area contributed by atoms with Gasteiger partial charge in [-0.1, -0.05) is 30.3 Å². The quantitative estimate of drug-likeness (QED) is 0.795. The molecule has 2 rings (SSSR count). The lowest BCUT2D eigenvalue weighted by Crippen LogP contribution is -2.36. The van der Waals surface area contributed by atoms with Crippen LogP contribution in [0.5, 0.6) is 0 Å². The molecule has 1 fully saturated rings. The summed E-state index contributed by atoms with van der Waals surface area (Å²) in [7, 11) is 2.14. The number of rotatable bonds is 4. The lowest BCUT2D eigenvalue weighted by atomic mass is 10.1. The van der Waals surface area contributed by atoms with Gasteiger partial charge in [0.25, 0.3) is 0 Å². The number of hydrogen-bond acceptors (Lipinski definition) is 3. The molecule has 0 amide bonds. The standard InChI is InChI=1S/C13H20N2O/c1-15-8-7-12(9-15)14-13(10-16)11-5-3-2-4-6-11/h2-6,12-14,16H,7-10H2,1H3. The van der Waals surface area contributed by atoms with Crippen molar-refractivity contribution in [1.82, 2.24) is 10.2 Å². The number of likely N-dealkylation sites (N-methyl/N-ethyl adjacent to an activating group) is 1. The van der Waals surface area contributed by atoms with E-state index in [0.29, 0.717) is 6.04 Å². The van der Waals surface area contributed by atoms with E-state index in [9.17, 15) is 5.11 Å². The van der Waals surface area contributed by atoms with Crippen LogP contribution in [-0.2, 0) is 0 Å². The smallest absolute Gasteiger partial charge is 0.0626 e. The van der Waals surface area contributed by atoms with Crippen LogP contribution in [0, 0.1) is 0 Å². The molecule has 16 heavy (non-hydrogen) atoms. The Morgan fingerprint density at radius 3 is 2.75 bits per heavy atom. The molecule has 2 N–H and O–H groups in total. The molecule has 1 aromatic carbocycles. The molecule has 0 saturated carbocycles. The first-order valence-electron chi connectivity index (χ1n) is 5.90. The summed E-state index contributed by atoms with van der Waals surface area (Å²) in [6.07, 6.45) is 1.17. The number of benzene rings is 1. The first-order valence-corrected chi connectivity index (χ1v) is 5.90. The third kappa shape index (κ3) is 2.82. The molecular formula is C13H20N2O. The predicted octanol–water partition coefficient (Wildman–Crippen LogP) is 1.01. The molecule has 1 aliphatic rings. The van der Waals surface area contributed by atoms with E-state index in [1.54, 1.807) is 0 Å². The Labute approximate surface area is 97.1 Å². The third-order valence-electron chi connectivity index (χ3n) is 3.21. The van der Waals surface area contributed by atoms with Crippen molar-refractivity contribution < 1.29 is 5.11 Å². The lowest BCUT2D eigenvalue weighted by molar-refractivity contribution is 0.232. The van der Waals surface area contributed by atoms with Crippen molar-refractivity contribution in [2.75, 3.05) is 26.7 Å². The molecule has 0 aliphatic carbocycles. The number of likely N-dealkylation sites (tertiary alicyclic amines) is 1. The van der Waals surface area contributed by atoms with E-state index in [0.717, 1.165) is 13.1 Å². The number of nitrogens with zero attached hydrogens (tertiary/aromatic N) is 1. The van der Waals surface area contributed by atoms with E-state index in [1.165, 1.54) is 12.0 Å².